The first kappa shape index (κ1) is 19.7. The van der Waals surface area contributed by atoms with E-state index in [0.717, 1.165) is 0 Å². The topological polar surface area (TPSA) is 91.6 Å². The van der Waals surface area contributed by atoms with Gasteiger partial charge in [-0.15, -0.1) is 0 Å². The van der Waals surface area contributed by atoms with Crippen molar-refractivity contribution in [1.29, 1.82) is 0 Å². The quantitative estimate of drug-likeness (QED) is 0.632. The van der Waals surface area contributed by atoms with Crippen molar-refractivity contribution in [2.45, 2.75) is 23.5 Å². The van der Waals surface area contributed by atoms with E-state index in [1.807, 2.05) is 0 Å². The molecule has 3 N–H and O–H groups in total. The highest BCUT2D eigenvalue weighted by Crippen LogP contribution is 2.42. The van der Waals surface area contributed by atoms with Crippen LogP contribution in [-0.2, 0) is 10.0 Å². The van der Waals surface area contributed by atoms with E-state index in [2.05, 4.69) is 10.1 Å². The smallest absolute Gasteiger partial charge is 0.360 e. The average Bonchev–Trinajstić information content (AvgIpc) is 3.25. The second kappa shape index (κ2) is 6.75. The third-order valence-electron chi connectivity index (χ3n) is 4.72. The van der Waals surface area contributed by atoms with Crippen molar-refractivity contribution >= 4 is 43.9 Å². The van der Waals surface area contributed by atoms with Crippen LogP contribution in [0.1, 0.15) is 18.0 Å². The lowest BCUT2D eigenvalue weighted by molar-refractivity contribution is -0.0600. The van der Waals surface area contributed by atoms with Crippen molar-refractivity contribution in [3.63, 3.8) is 0 Å². The number of hydrogen-bond acceptors (Lipinski definition) is 4. The van der Waals surface area contributed by atoms with Crippen LogP contribution in [0.2, 0.25) is 5.02 Å². The summed E-state index contributed by atoms with van der Waals surface area (Å²) >= 11 is 6.17. The van der Waals surface area contributed by atoms with Crippen LogP contribution in [0.4, 0.5) is 18.9 Å². The van der Waals surface area contributed by atoms with Gasteiger partial charge >= 0.3 is 6.18 Å². The van der Waals surface area contributed by atoms with Crippen molar-refractivity contribution in [1.82, 2.24) is 4.98 Å². The Bertz CT molecular complexity index is 1220. The first-order chi connectivity index (χ1) is 13.6. The number of hydrazone groups is 1. The number of rotatable bonds is 3. The van der Waals surface area contributed by atoms with E-state index in [1.54, 1.807) is 24.4 Å². The summed E-state index contributed by atoms with van der Waals surface area (Å²) in [6, 6.07) is 9.62. The zero-order valence-electron chi connectivity index (χ0n) is 14.6. The number of sulfonamides is 1. The lowest BCUT2D eigenvalue weighted by Crippen LogP contribution is -2.21. The Kier molecular flexibility index (Phi) is 4.60. The number of aromatic nitrogens is 1. The number of halogens is 4. The summed E-state index contributed by atoms with van der Waals surface area (Å²) in [5.74, 6) is 0. The van der Waals surface area contributed by atoms with E-state index in [-0.39, 0.29) is 11.3 Å². The fourth-order valence-electron chi connectivity index (χ4n) is 3.37. The van der Waals surface area contributed by atoms with Crippen molar-refractivity contribution in [3.8, 4) is 0 Å². The molecule has 1 aliphatic rings. The molecule has 1 aromatic heterocycles. The molecule has 0 fully saturated rings. The highest BCUT2D eigenvalue weighted by molar-refractivity contribution is 7.89. The second-order valence-electron chi connectivity index (χ2n) is 6.55. The molecule has 1 aliphatic heterocycles. The standard InChI is InChI=1S/C18H14ClF3N4O2S/c19-14-3-1-2-12-13(9-24-17(12)14)15-8-16(18(20,21)22)25-26(15)10-4-6-11(7-5-10)29(23,27)28/h1-7,9,15,24H,8H2,(H2,23,27,28)/t15-/m0/s1. The second-order valence-corrected chi connectivity index (χ2v) is 8.52. The van der Waals surface area contributed by atoms with Crippen LogP contribution >= 0.6 is 11.6 Å². The molecule has 0 bridgehead atoms. The van der Waals surface area contributed by atoms with E-state index in [9.17, 15) is 21.6 Å². The molecule has 4 rings (SSSR count). The van der Waals surface area contributed by atoms with Crippen LogP contribution in [0, 0.1) is 0 Å². The van der Waals surface area contributed by atoms with Gasteiger partial charge in [0, 0.05) is 23.6 Å². The van der Waals surface area contributed by atoms with Gasteiger partial charge in [0.05, 0.1) is 27.2 Å². The number of benzene rings is 2. The summed E-state index contributed by atoms with van der Waals surface area (Å²) in [6.45, 7) is 0. The van der Waals surface area contributed by atoms with Gasteiger partial charge in [0.15, 0.2) is 0 Å². The molecule has 11 heteroatoms. The van der Waals surface area contributed by atoms with E-state index in [4.69, 9.17) is 16.7 Å². The first-order valence-corrected chi connectivity index (χ1v) is 10.3. The van der Waals surface area contributed by atoms with Gasteiger partial charge in [-0.3, -0.25) is 5.01 Å². The summed E-state index contributed by atoms with van der Waals surface area (Å²) in [6.07, 6.45) is -3.33. The molecule has 29 heavy (non-hydrogen) atoms. The van der Waals surface area contributed by atoms with Gasteiger partial charge in [0.1, 0.15) is 5.71 Å². The van der Waals surface area contributed by atoms with Gasteiger partial charge in [-0.1, -0.05) is 23.7 Å². The Hall–Kier alpha value is -2.56. The van der Waals surface area contributed by atoms with Gasteiger partial charge in [-0.25, -0.2) is 13.6 Å². The van der Waals surface area contributed by atoms with E-state index in [0.29, 0.717) is 27.2 Å². The summed E-state index contributed by atoms with van der Waals surface area (Å²) in [5.41, 5.74) is 0.600. The number of primary sulfonamides is 1. The minimum absolute atomic E-state index is 0.143. The molecular formula is C18H14ClF3N4O2S. The molecule has 6 nitrogen and oxygen atoms in total. The summed E-state index contributed by atoms with van der Waals surface area (Å²) in [5, 5.41) is 11.2. The zero-order valence-corrected chi connectivity index (χ0v) is 16.2. The number of nitrogens with zero attached hydrogens (tertiary/aromatic N) is 2. The molecule has 0 aliphatic carbocycles. The lowest BCUT2D eigenvalue weighted by Gasteiger charge is -2.23. The molecule has 0 unspecified atom stereocenters. The molecule has 152 valence electrons. The molecule has 0 radical (unpaired) electrons. The van der Waals surface area contributed by atoms with Crippen molar-refractivity contribution in [3.05, 3.63) is 59.2 Å². The third kappa shape index (κ3) is 3.59. The van der Waals surface area contributed by atoms with E-state index < -0.39 is 28.0 Å². The SMILES string of the molecule is NS(=O)(=O)c1ccc(N2N=C(C(F)(F)F)C[C@H]2c2c[nH]c3c(Cl)cccc23)cc1. The van der Waals surface area contributed by atoms with Crippen LogP contribution in [0.25, 0.3) is 10.9 Å². The van der Waals surface area contributed by atoms with Crippen LogP contribution in [0.3, 0.4) is 0 Å². The minimum Gasteiger partial charge on any atom is -0.360 e. The fourth-order valence-corrected chi connectivity index (χ4v) is 4.11. The van der Waals surface area contributed by atoms with Crippen molar-refractivity contribution in [2.24, 2.45) is 10.2 Å². The molecule has 3 aromatic rings. The zero-order chi connectivity index (χ0) is 21.0. The highest BCUT2D eigenvalue weighted by Gasteiger charge is 2.44. The Morgan fingerprint density at radius 1 is 1.17 bits per heavy atom. The van der Waals surface area contributed by atoms with Gasteiger partial charge in [-0.05, 0) is 30.3 Å². The maximum atomic E-state index is 13.4. The number of nitrogens with two attached hydrogens (primary N) is 1. The molecule has 2 aromatic carbocycles. The molecular weight excluding hydrogens is 429 g/mol. The molecule has 0 amide bonds. The third-order valence-corrected chi connectivity index (χ3v) is 5.97. The Morgan fingerprint density at radius 3 is 2.48 bits per heavy atom. The lowest BCUT2D eigenvalue weighted by atomic mass is 10.0. The number of alkyl halides is 3. The van der Waals surface area contributed by atoms with Gasteiger partial charge in [0.25, 0.3) is 0 Å². The van der Waals surface area contributed by atoms with Crippen molar-refractivity contribution < 1.29 is 21.6 Å². The van der Waals surface area contributed by atoms with E-state index >= 15 is 0 Å². The van der Waals surface area contributed by atoms with Crippen molar-refractivity contribution in [2.75, 3.05) is 5.01 Å². The number of anilines is 1. The Balaban J connectivity index is 1.81. The number of nitrogens with one attached hydrogen (secondary N) is 1. The van der Waals surface area contributed by atoms with Crippen LogP contribution in [0.15, 0.2) is 58.7 Å². The fraction of sp³-hybridized carbons (Fsp3) is 0.167. The van der Waals surface area contributed by atoms with Gasteiger partial charge in [0.2, 0.25) is 10.0 Å². The molecule has 0 saturated heterocycles. The summed E-state index contributed by atoms with van der Waals surface area (Å²) in [4.78, 5) is 2.86. The minimum atomic E-state index is -4.59. The largest absolute Gasteiger partial charge is 0.431 e. The maximum absolute atomic E-state index is 13.4. The van der Waals surface area contributed by atoms with Gasteiger partial charge in [-0.2, -0.15) is 18.3 Å². The summed E-state index contributed by atoms with van der Waals surface area (Å²) in [7, 11) is -3.92. The molecule has 0 saturated carbocycles. The number of para-hydroxylation sites is 1. The van der Waals surface area contributed by atoms with Gasteiger partial charge < -0.3 is 4.98 Å². The highest BCUT2D eigenvalue weighted by atomic mass is 35.5. The first-order valence-electron chi connectivity index (χ1n) is 8.38. The number of H-pyrrole nitrogens is 1. The monoisotopic (exact) mass is 442 g/mol. The Labute approximate surface area is 168 Å². The molecule has 1 atom stereocenters. The average molecular weight is 443 g/mol. The van der Waals surface area contributed by atoms with Crippen LogP contribution < -0.4 is 10.1 Å². The Morgan fingerprint density at radius 2 is 1.86 bits per heavy atom. The summed E-state index contributed by atoms with van der Waals surface area (Å²) < 4.78 is 63.0. The number of fused-ring (bicyclic) bond motifs is 1. The van der Waals surface area contributed by atoms with Crippen LogP contribution in [0.5, 0.6) is 0 Å². The number of hydrogen-bond donors (Lipinski definition) is 2. The maximum Gasteiger partial charge on any atom is 0.431 e. The van der Waals surface area contributed by atoms with Crippen LogP contribution in [-0.4, -0.2) is 25.3 Å². The predicted molar refractivity (Wildman–Crippen MR) is 104 cm³/mol. The van der Waals surface area contributed by atoms with E-state index in [1.165, 1.54) is 29.3 Å². The molecule has 2 heterocycles. The normalized spacial score (nSPS) is 17.8. The predicted octanol–water partition coefficient (Wildman–Crippen LogP) is 4.34. The molecule has 0 spiro atoms. The number of aromatic amines is 1.